The number of anilines is 1. The zero-order chi connectivity index (χ0) is 14.4. The number of benzene rings is 1. The molecule has 1 rings (SSSR count). The van der Waals surface area contributed by atoms with Gasteiger partial charge in [0.2, 0.25) is 5.91 Å². The molecule has 0 saturated carbocycles. The summed E-state index contributed by atoms with van der Waals surface area (Å²) in [7, 11) is 0. The number of hydrogen-bond donors (Lipinski definition) is 3. The topological polar surface area (TPSA) is 118 Å². The van der Waals surface area contributed by atoms with Gasteiger partial charge in [0.15, 0.2) is 0 Å². The van der Waals surface area contributed by atoms with Crippen LogP contribution in [0.25, 0.3) is 0 Å². The highest BCUT2D eigenvalue weighted by Crippen LogP contribution is 2.27. The van der Waals surface area contributed by atoms with Gasteiger partial charge in [-0.15, -0.1) is 0 Å². The fourth-order valence-corrected chi connectivity index (χ4v) is 1.65. The Kier molecular flexibility index (Phi) is 5.25. The zero-order valence-electron chi connectivity index (χ0n) is 10.6. The molecular weight excluding hydrogens is 250 g/mol. The number of nitrogens with zero attached hydrogens (tertiary/aromatic N) is 1. The highest BCUT2D eigenvalue weighted by molar-refractivity contribution is 5.92. The zero-order valence-corrected chi connectivity index (χ0v) is 10.6. The number of nitrogens with two attached hydrogens (primary N) is 1. The largest absolute Gasteiger partial charge is 0.506 e. The second kappa shape index (κ2) is 6.69. The van der Waals surface area contributed by atoms with E-state index in [9.17, 15) is 20.0 Å². The molecule has 1 aromatic carbocycles. The van der Waals surface area contributed by atoms with Crippen LogP contribution in [-0.4, -0.2) is 22.0 Å². The highest BCUT2D eigenvalue weighted by atomic mass is 16.6. The Balaban J connectivity index is 2.73. The van der Waals surface area contributed by atoms with Gasteiger partial charge in [0.25, 0.3) is 5.69 Å². The SMILES string of the molecule is CCCC(N)CC(=O)Nc1cc([N+](=O)[O-])ccc1O. The van der Waals surface area contributed by atoms with Crippen molar-refractivity contribution >= 4 is 17.3 Å². The standard InChI is InChI=1S/C12H17N3O4/c1-2-3-8(13)6-12(17)14-10-7-9(15(18)19)4-5-11(10)16/h4-5,7-8,16H,2-3,6,13H2,1H3,(H,14,17). The molecule has 0 saturated heterocycles. The molecule has 1 amide bonds. The molecule has 0 heterocycles. The summed E-state index contributed by atoms with van der Waals surface area (Å²) in [5.74, 6) is -0.597. The minimum Gasteiger partial charge on any atom is -0.506 e. The fourth-order valence-electron chi connectivity index (χ4n) is 1.65. The number of carbonyl (C=O) groups is 1. The highest BCUT2D eigenvalue weighted by Gasteiger charge is 2.14. The first-order valence-electron chi connectivity index (χ1n) is 5.97. The van der Waals surface area contributed by atoms with Crippen molar-refractivity contribution in [3.8, 4) is 5.75 Å². The first kappa shape index (κ1) is 14.9. The molecule has 19 heavy (non-hydrogen) atoms. The van der Waals surface area contributed by atoms with Gasteiger partial charge < -0.3 is 16.2 Å². The average molecular weight is 267 g/mol. The third kappa shape index (κ3) is 4.55. The van der Waals surface area contributed by atoms with Gasteiger partial charge in [-0.05, 0) is 12.5 Å². The van der Waals surface area contributed by atoms with Gasteiger partial charge in [0.05, 0.1) is 10.6 Å². The van der Waals surface area contributed by atoms with Crippen LogP contribution in [0.4, 0.5) is 11.4 Å². The van der Waals surface area contributed by atoms with E-state index in [2.05, 4.69) is 5.32 Å². The molecule has 4 N–H and O–H groups in total. The second-order valence-corrected chi connectivity index (χ2v) is 4.26. The van der Waals surface area contributed by atoms with E-state index in [1.165, 1.54) is 6.07 Å². The molecule has 0 aliphatic rings. The van der Waals surface area contributed by atoms with Gasteiger partial charge in [-0.25, -0.2) is 0 Å². The maximum absolute atomic E-state index is 11.7. The van der Waals surface area contributed by atoms with Crippen LogP contribution in [0.2, 0.25) is 0 Å². The summed E-state index contributed by atoms with van der Waals surface area (Å²) < 4.78 is 0. The van der Waals surface area contributed by atoms with Crippen molar-refractivity contribution in [3.05, 3.63) is 28.3 Å². The van der Waals surface area contributed by atoms with Crippen molar-refractivity contribution in [2.45, 2.75) is 32.2 Å². The average Bonchev–Trinajstić information content (AvgIpc) is 2.31. The van der Waals surface area contributed by atoms with E-state index in [4.69, 9.17) is 5.73 Å². The van der Waals surface area contributed by atoms with E-state index < -0.39 is 4.92 Å². The predicted octanol–water partition coefficient (Wildman–Crippen LogP) is 1.76. The third-order valence-corrected chi connectivity index (χ3v) is 2.57. The summed E-state index contributed by atoms with van der Waals surface area (Å²) in [6.45, 7) is 1.96. The van der Waals surface area contributed by atoms with Crippen LogP contribution in [0.5, 0.6) is 5.75 Å². The number of carbonyl (C=O) groups excluding carboxylic acids is 1. The molecule has 0 aliphatic carbocycles. The molecule has 0 spiro atoms. The van der Waals surface area contributed by atoms with E-state index in [0.717, 1.165) is 18.6 Å². The molecule has 104 valence electrons. The lowest BCUT2D eigenvalue weighted by atomic mass is 10.1. The van der Waals surface area contributed by atoms with Gasteiger partial charge in [0.1, 0.15) is 5.75 Å². The molecule has 1 unspecified atom stereocenters. The molecule has 1 aromatic rings. The van der Waals surface area contributed by atoms with E-state index in [1.807, 2.05) is 6.92 Å². The lowest BCUT2D eigenvalue weighted by molar-refractivity contribution is -0.384. The van der Waals surface area contributed by atoms with E-state index in [0.29, 0.717) is 6.42 Å². The number of phenolic OH excluding ortho intramolecular Hbond substituents is 1. The molecule has 0 aromatic heterocycles. The molecule has 0 bridgehead atoms. The monoisotopic (exact) mass is 267 g/mol. The number of amides is 1. The maximum Gasteiger partial charge on any atom is 0.271 e. The van der Waals surface area contributed by atoms with Gasteiger partial charge in [-0.1, -0.05) is 13.3 Å². The number of non-ortho nitro benzene ring substituents is 1. The first-order valence-corrected chi connectivity index (χ1v) is 5.97. The lowest BCUT2D eigenvalue weighted by Crippen LogP contribution is -2.26. The normalized spacial score (nSPS) is 11.9. The minimum atomic E-state index is -0.599. The van der Waals surface area contributed by atoms with E-state index in [-0.39, 0.29) is 35.5 Å². The Morgan fingerprint density at radius 3 is 2.84 bits per heavy atom. The Bertz CT molecular complexity index is 476. The van der Waals surface area contributed by atoms with Crippen LogP contribution >= 0.6 is 0 Å². The molecule has 0 radical (unpaired) electrons. The summed E-state index contributed by atoms with van der Waals surface area (Å²) in [6, 6.07) is 3.18. The Hall–Kier alpha value is -2.15. The van der Waals surface area contributed by atoms with Crippen molar-refractivity contribution in [1.82, 2.24) is 0 Å². The quantitative estimate of drug-likeness (QED) is 0.412. The molecule has 7 nitrogen and oxygen atoms in total. The lowest BCUT2D eigenvalue weighted by Gasteiger charge is -2.11. The van der Waals surface area contributed by atoms with Gasteiger partial charge >= 0.3 is 0 Å². The molecule has 1 atom stereocenters. The molecule has 7 heteroatoms. The van der Waals surface area contributed by atoms with E-state index >= 15 is 0 Å². The number of nitro groups is 1. The Labute approximate surface area is 110 Å². The Morgan fingerprint density at radius 2 is 2.26 bits per heavy atom. The summed E-state index contributed by atoms with van der Waals surface area (Å²) in [4.78, 5) is 21.7. The summed E-state index contributed by atoms with van der Waals surface area (Å²) in [5.41, 5.74) is 5.54. The number of hydrogen-bond acceptors (Lipinski definition) is 5. The van der Waals surface area contributed by atoms with Gasteiger partial charge in [-0.2, -0.15) is 0 Å². The minimum absolute atomic E-state index is 0.0166. The van der Waals surface area contributed by atoms with Crippen LogP contribution in [0.3, 0.4) is 0 Å². The summed E-state index contributed by atoms with van der Waals surface area (Å²) in [6.07, 6.45) is 1.70. The number of nitrogens with one attached hydrogen (secondary N) is 1. The van der Waals surface area contributed by atoms with Crippen molar-refractivity contribution < 1.29 is 14.8 Å². The summed E-state index contributed by atoms with van der Waals surface area (Å²) >= 11 is 0. The van der Waals surface area contributed by atoms with Gasteiger partial charge in [0, 0.05) is 24.6 Å². The van der Waals surface area contributed by atoms with Crippen molar-refractivity contribution in [2.24, 2.45) is 5.73 Å². The third-order valence-electron chi connectivity index (χ3n) is 2.57. The van der Waals surface area contributed by atoms with Gasteiger partial charge in [-0.3, -0.25) is 14.9 Å². The van der Waals surface area contributed by atoms with Crippen molar-refractivity contribution in [1.29, 1.82) is 0 Å². The van der Waals surface area contributed by atoms with Crippen LogP contribution in [-0.2, 0) is 4.79 Å². The second-order valence-electron chi connectivity index (χ2n) is 4.26. The smallest absolute Gasteiger partial charge is 0.271 e. The molecular formula is C12H17N3O4. The molecule has 0 aliphatic heterocycles. The first-order chi connectivity index (χ1) is 8.93. The Morgan fingerprint density at radius 1 is 1.58 bits per heavy atom. The maximum atomic E-state index is 11.7. The van der Waals surface area contributed by atoms with Crippen LogP contribution in [0.1, 0.15) is 26.2 Å². The fraction of sp³-hybridized carbons (Fsp3) is 0.417. The number of aromatic hydroxyl groups is 1. The number of phenols is 1. The van der Waals surface area contributed by atoms with Crippen LogP contribution in [0.15, 0.2) is 18.2 Å². The predicted molar refractivity (Wildman–Crippen MR) is 70.9 cm³/mol. The molecule has 0 fully saturated rings. The van der Waals surface area contributed by atoms with Crippen LogP contribution in [0, 0.1) is 10.1 Å². The number of rotatable bonds is 6. The van der Waals surface area contributed by atoms with E-state index in [1.54, 1.807) is 0 Å². The van der Waals surface area contributed by atoms with Crippen LogP contribution < -0.4 is 11.1 Å². The van der Waals surface area contributed by atoms with Crippen molar-refractivity contribution in [3.63, 3.8) is 0 Å². The number of nitro benzene ring substituents is 1. The van der Waals surface area contributed by atoms with Crippen molar-refractivity contribution in [2.75, 3.05) is 5.32 Å². The summed E-state index contributed by atoms with van der Waals surface area (Å²) in [5, 5.41) is 22.6.